The van der Waals surface area contributed by atoms with Crippen LogP contribution in [0.4, 0.5) is 4.79 Å². The number of carbonyl (C=O) groups excluding carboxylic acids is 1. The van der Waals surface area contributed by atoms with E-state index in [0.717, 1.165) is 36.4 Å². The first-order valence-corrected chi connectivity index (χ1v) is 8.12. The fourth-order valence-corrected chi connectivity index (χ4v) is 2.87. The van der Waals surface area contributed by atoms with E-state index in [1.807, 2.05) is 23.1 Å². The van der Waals surface area contributed by atoms with Gasteiger partial charge in [-0.2, -0.15) is 0 Å². The van der Waals surface area contributed by atoms with Crippen molar-refractivity contribution < 1.29 is 14.3 Å². The molecule has 2 rings (SSSR count). The van der Waals surface area contributed by atoms with E-state index in [9.17, 15) is 4.79 Å². The summed E-state index contributed by atoms with van der Waals surface area (Å²) in [7, 11) is 3.29. The molecule has 1 aromatic carbocycles. The summed E-state index contributed by atoms with van der Waals surface area (Å²) in [6.45, 7) is 7.77. The van der Waals surface area contributed by atoms with E-state index in [1.165, 1.54) is 0 Å². The van der Waals surface area contributed by atoms with Gasteiger partial charge in [-0.25, -0.2) is 4.79 Å². The van der Waals surface area contributed by atoms with Crippen LogP contribution in [0.25, 0.3) is 0 Å². The van der Waals surface area contributed by atoms with Gasteiger partial charge in [-0.05, 0) is 30.4 Å². The fraction of sp³-hybridized carbons (Fsp3) is 0.611. The molecular formula is C18H28N2O3. The number of nitrogens with zero attached hydrogens (tertiary/aromatic N) is 1. The number of likely N-dealkylation sites (tertiary alicyclic amines) is 1. The van der Waals surface area contributed by atoms with E-state index < -0.39 is 0 Å². The molecule has 1 unspecified atom stereocenters. The van der Waals surface area contributed by atoms with Crippen LogP contribution in [-0.2, 0) is 0 Å². The topological polar surface area (TPSA) is 50.8 Å². The molecular weight excluding hydrogens is 292 g/mol. The molecule has 5 heteroatoms. The van der Waals surface area contributed by atoms with Crippen molar-refractivity contribution >= 4 is 6.03 Å². The molecule has 1 aliphatic heterocycles. The molecule has 0 spiro atoms. The highest BCUT2D eigenvalue weighted by atomic mass is 16.5. The van der Waals surface area contributed by atoms with Gasteiger partial charge in [0.2, 0.25) is 0 Å². The van der Waals surface area contributed by atoms with Gasteiger partial charge in [0, 0.05) is 24.7 Å². The number of benzene rings is 1. The Kier molecular flexibility index (Phi) is 5.39. The molecule has 23 heavy (non-hydrogen) atoms. The van der Waals surface area contributed by atoms with Gasteiger partial charge in [-0.15, -0.1) is 0 Å². The molecule has 5 nitrogen and oxygen atoms in total. The Morgan fingerprint density at radius 2 is 2.04 bits per heavy atom. The Labute approximate surface area is 139 Å². The number of hydrogen-bond donors (Lipinski definition) is 1. The molecule has 1 aromatic rings. The SMILES string of the molecule is COc1ccc(C2CCCN2C(=O)NCC(C)(C)C)c(OC)c1. The second kappa shape index (κ2) is 7.11. The zero-order valence-electron chi connectivity index (χ0n) is 14.8. The minimum atomic E-state index is 0.000274. The average molecular weight is 320 g/mol. The number of ether oxygens (including phenoxy) is 2. The first kappa shape index (κ1) is 17.4. The second-order valence-corrected chi connectivity index (χ2v) is 7.18. The molecule has 0 aliphatic carbocycles. The molecule has 2 amide bonds. The fourth-order valence-electron chi connectivity index (χ4n) is 2.87. The molecule has 0 radical (unpaired) electrons. The lowest BCUT2D eigenvalue weighted by Gasteiger charge is -2.28. The van der Waals surface area contributed by atoms with Gasteiger partial charge in [0.1, 0.15) is 11.5 Å². The van der Waals surface area contributed by atoms with Crippen molar-refractivity contribution in [2.75, 3.05) is 27.3 Å². The minimum absolute atomic E-state index is 0.000274. The predicted octanol–water partition coefficient (Wildman–Crippen LogP) is 3.60. The van der Waals surface area contributed by atoms with Crippen molar-refractivity contribution in [2.24, 2.45) is 5.41 Å². The van der Waals surface area contributed by atoms with Crippen molar-refractivity contribution in [1.29, 1.82) is 0 Å². The first-order chi connectivity index (χ1) is 10.9. The summed E-state index contributed by atoms with van der Waals surface area (Å²) in [5.41, 5.74) is 1.11. The second-order valence-electron chi connectivity index (χ2n) is 7.18. The molecule has 0 aromatic heterocycles. The standard InChI is InChI=1S/C18H28N2O3/c1-18(2,3)12-19-17(21)20-10-6-7-15(20)14-9-8-13(22-4)11-16(14)23-5/h8-9,11,15H,6-7,10,12H2,1-5H3,(H,19,21). The van der Waals surface area contributed by atoms with Crippen molar-refractivity contribution in [3.8, 4) is 11.5 Å². The number of nitrogens with one attached hydrogen (secondary N) is 1. The summed E-state index contributed by atoms with van der Waals surface area (Å²) >= 11 is 0. The molecule has 1 N–H and O–H groups in total. The molecule has 1 aliphatic rings. The van der Waals surface area contributed by atoms with Gasteiger partial charge >= 0.3 is 6.03 Å². The highest BCUT2D eigenvalue weighted by molar-refractivity contribution is 5.75. The van der Waals surface area contributed by atoms with Crippen molar-refractivity contribution in [3.05, 3.63) is 23.8 Å². The van der Waals surface area contributed by atoms with Crippen LogP contribution in [0.1, 0.15) is 45.2 Å². The lowest BCUT2D eigenvalue weighted by Crippen LogP contribution is -2.42. The van der Waals surface area contributed by atoms with E-state index >= 15 is 0 Å². The van der Waals surface area contributed by atoms with E-state index in [-0.39, 0.29) is 17.5 Å². The molecule has 128 valence electrons. The normalized spacial score (nSPS) is 18.0. The monoisotopic (exact) mass is 320 g/mol. The number of rotatable bonds is 4. The lowest BCUT2D eigenvalue weighted by molar-refractivity contribution is 0.187. The van der Waals surface area contributed by atoms with E-state index in [4.69, 9.17) is 9.47 Å². The summed E-state index contributed by atoms with van der Waals surface area (Å²) < 4.78 is 10.8. The van der Waals surface area contributed by atoms with Gasteiger partial charge in [-0.3, -0.25) is 0 Å². The summed E-state index contributed by atoms with van der Waals surface area (Å²) in [6.07, 6.45) is 1.95. The Hall–Kier alpha value is -1.91. The van der Waals surface area contributed by atoms with Crippen LogP contribution < -0.4 is 14.8 Å². The van der Waals surface area contributed by atoms with Gasteiger partial charge in [0.25, 0.3) is 0 Å². The van der Waals surface area contributed by atoms with Crippen LogP contribution in [0.15, 0.2) is 18.2 Å². The highest BCUT2D eigenvalue weighted by Gasteiger charge is 2.32. The van der Waals surface area contributed by atoms with Crippen LogP contribution in [0.5, 0.6) is 11.5 Å². The predicted molar refractivity (Wildman–Crippen MR) is 91.1 cm³/mol. The zero-order valence-corrected chi connectivity index (χ0v) is 14.8. The maximum Gasteiger partial charge on any atom is 0.317 e. The minimum Gasteiger partial charge on any atom is -0.497 e. The number of urea groups is 1. The summed E-state index contributed by atoms with van der Waals surface area (Å²) in [4.78, 5) is 14.5. The molecule has 1 fully saturated rings. The van der Waals surface area contributed by atoms with Crippen LogP contribution in [0.2, 0.25) is 0 Å². The average Bonchev–Trinajstić information content (AvgIpc) is 3.00. The van der Waals surface area contributed by atoms with Crippen molar-refractivity contribution in [1.82, 2.24) is 10.2 Å². The molecule has 1 saturated heterocycles. The Morgan fingerprint density at radius 3 is 2.65 bits per heavy atom. The molecule has 0 saturated carbocycles. The smallest absolute Gasteiger partial charge is 0.317 e. The summed E-state index contributed by atoms with van der Waals surface area (Å²) in [5.74, 6) is 1.53. The lowest BCUT2D eigenvalue weighted by atomic mass is 9.97. The summed E-state index contributed by atoms with van der Waals surface area (Å²) in [6, 6.07) is 5.84. The van der Waals surface area contributed by atoms with Crippen LogP contribution >= 0.6 is 0 Å². The quantitative estimate of drug-likeness (QED) is 0.922. The van der Waals surface area contributed by atoms with E-state index in [1.54, 1.807) is 14.2 Å². The van der Waals surface area contributed by atoms with Gasteiger partial charge in [-0.1, -0.05) is 20.8 Å². The third-order valence-electron chi connectivity index (χ3n) is 4.08. The molecule has 0 bridgehead atoms. The van der Waals surface area contributed by atoms with E-state index in [2.05, 4.69) is 26.1 Å². The van der Waals surface area contributed by atoms with E-state index in [0.29, 0.717) is 6.54 Å². The zero-order chi connectivity index (χ0) is 17.0. The van der Waals surface area contributed by atoms with Crippen molar-refractivity contribution in [2.45, 2.75) is 39.7 Å². The number of amides is 2. The van der Waals surface area contributed by atoms with Crippen molar-refractivity contribution in [3.63, 3.8) is 0 Å². The van der Waals surface area contributed by atoms with Gasteiger partial charge in [0.15, 0.2) is 0 Å². The Balaban J connectivity index is 2.17. The summed E-state index contributed by atoms with van der Waals surface area (Å²) in [5, 5.41) is 3.05. The molecule has 1 atom stereocenters. The van der Waals surface area contributed by atoms with Crippen LogP contribution in [0.3, 0.4) is 0 Å². The van der Waals surface area contributed by atoms with Gasteiger partial charge in [0.05, 0.1) is 20.3 Å². The number of carbonyl (C=O) groups is 1. The number of methoxy groups -OCH3 is 2. The number of hydrogen-bond acceptors (Lipinski definition) is 3. The molecule has 1 heterocycles. The first-order valence-electron chi connectivity index (χ1n) is 8.12. The van der Waals surface area contributed by atoms with Crippen LogP contribution in [-0.4, -0.2) is 38.2 Å². The maximum atomic E-state index is 12.5. The Morgan fingerprint density at radius 1 is 1.30 bits per heavy atom. The third kappa shape index (κ3) is 4.30. The van der Waals surface area contributed by atoms with Crippen LogP contribution in [0, 0.1) is 5.41 Å². The third-order valence-corrected chi connectivity index (χ3v) is 4.08. The maximum absolute atomic E-state index is 12.5. The highest BCUT2D eigenvalue weighted by Crippen LogP contribution is 2.38. The largest absolute Gasteiger partial charge is 0.497 e. The van der Waals surface area contributed by atoms with Gasteiger partial charge < -0.3 is 19.7 Å². The Bertz CT molecular complexity index is 552.